The Hall–Kier alpha value is -1.10. The maximum atomic E-state index is 12.9. The van der Waals surface area contributed by atoms with Gasteiger partial charge in [-0.3, -0.25) is 9.59 Å². The van der Waals surface area contributed by atoms with E-state index in [0.29, 0.717) is 18.8 Å². The normalized spacial score (nSPS) is 12.9. The van der Waals surface area contributed by atoms with Gasteiger partial charge in [-0.15, -0.1) is 0 Å². The molecule has 0 saturated heterocycles. The van der Waals surface area contributed by atoms with Crippen LogP contribution in [0.15, 0.2) is 0 Å². The van der Waals surface area contributed by atoms with Crippen LogP contribution in [0.25, 0.3) is 0 Å². The van der Waals surface area contributed by atoms with E-state index in [2.05, 4.69) is 39.8 Å². The van der Waals surface area contributed by atoms with Crippen molar-refractivity contribution in [3.8, 4) is 0 Å². The van der Waals surface area contributed by atoms with E-state index >= 15 is 0 Å². The summed E-state index contributed by atoms with van der Waals surface area (Å²) < 4.78 is 11.6. The average Bonchev–Trinajstić information content (AvgIpc) is 2.96. The van der Waals surface area contributed by atoms with Crippen molar-refractivity contribution < 1.29 is 19.1 Å². The van der Waals surface area contributed by atoms with Gasteiger partial charge < -0.3 is 14.4 Å². The Morgan fingerprint density at radius 1 is 0.548 bits per heavy atom. The van der Waals surface area contributed by atoms with Gasteiger partial charge in [0.1, 0.15) is 12.7 Å². The molecule has 0 amide bonds. The van der Waals surface area contributed by atoms with Crippen molar-refractivity contribution in [3.05, 3.63) is 0 Å². The first kappa shape index (κ1) is 40.9. The Morgan fingerprint density at radius 2 is 1.00 bits per heavy atom. The Kier molecular flexibility index (Phi) is 30.5. The van der Waals surface area contributed by atoms with E-state index in [1.165, 1.54) is 109 Å². The van der Waals surface area contributed by atoms with Gasteiger partial charge in [-0.1, -0.05) is 136 Å². The molecule has 0 aliphatic carbocycles. The molecule has 0 N–H and O–H groups in total. The maximum Gasteiger partial charge on any atom is 0.306 e. The van der Waals surface area contributed by atoms with Gasteiger partial charge in [-0.25, -0.2) is 0 Å². The summed E-state index contributed by atoms with van der Waals surface area (Å²) in [6, 6.07) is 0. The van der Waals surface area contributed by atoms with Crippen LogP contribution in [0.1, 0.15) is 188 Å². The Balaban J connectivity index is 4.65. The average molecular weight is 596 g/mol. The number of rotatable bonds is 32. The molecule has 0 heterocycles. The lowest BCUT2D eigenvalue weighted by atomic mass is 9.92. The quantitative estimate of drug-likeness (QED) is 0.0572. The first-order valence-electron chi connectivity index (χ1n) is 18.4. The van der Waals surface area contributed by atoms with Crippen LogP contribution in [0.3, 0.4) is 0 Å². The fraction of sp³-hybridized carbons (Fsp3) is 0.946. The number of esters is 2. The molecule has 0 bridgehead atoms. The van der Waals surface area contributed by atoms with Crippen LogP contribution in [0.4, 0.5) is 0 Å². The molecule has 2 unspecified atom stereocenters. The van der Waals surface area contributed by atoms with Crippen LogP contribution in [0.2, 0.25) is 0 Å². The van der Waals surface area contributed by atoms with Gasteiger partial charge >= 0.3 is 11.9 Å². The molecule has 5 heteroatoms. The highest BCUT2D eigenvalue weighted by molar-refractivity contribution is 5.70. The monoisotopic (exact) mass is 596 g/mol. The van der Waals surface area contributed by atoms with E-state index in [9.17, 15) is 9.59 Å². The van der Waals surface area contributed by atoms with E-state index < -0.39 is 0 Å². The first-order valence-corrected chi connectivity index (χ1v) is 18.4. The molecule has 0 radical (unpaired) electrons. The molecule has 5 nitrogen and oxygen atoms in total. The summed E-state index contributed by atoms with van der Waals surface area (Å²) in [5.74, 6) is 0.148. The van der Waals surface area contributed by atoms with Crippen molar-refractivity contribution in [2.24, 2.45) is 5.92 Å². The number of ether oxygens (including phenoxy) is 2. The van der Waals surface area contributed by atoms with Gasteiger partial charge in [-0.2, -0.15) is 0 Å². The number of unbranched alkanes of at least 4 members (excludes halogenated alkanes) is 17. The Labute approximate surface area is 262 Å². The fourth-order valence-corrected chi connectivity index (χ4v) is 5.70. The number of hydrogen-bond donors (Lipinski definition) is 0. The predicted molar refractivity (Wildman–Crippen MR) is 180 cm³/mol. The Bertz CT molecular complexity index is 594. The van der Waals surface area contributed by atoms with Gasteiger partial charge in [0.05, 0.1) is 0 Å². The zero-order chi connectivity index (χ0) is 31.1. The molecule has 0 aromatic carbocycles. The summed E-state index contributed by atoms with van der Waals surface area (Å²) in [6.45, 7) is 7.94. The summed E-state index contributed by atoms with van der Waals surface area (Å²) in [4.78, 5) is 27.6. The lowest BCUT2D eigenvalue weighted by Crippen LogP contribution is -2.26. The molecular formula is C37H73NO4. The SMILES string of the molecule is CCCCCCCCCCCC(COC(=O)CC(CCCCC)CCCCCCCCC)OC(=O)CCCCN(C)C. The maximum absolute atomic E-state index is 12.9. The van der Waals surface area contributed by atoms with E-state index in [0.717, 1.165) is 51.5 Å². The third-order valence-corrected chi connectivity index (χ3v) is 8.48. The van der Waals surface area contributed by atoms with Crippen LogP contribution in [0.5, 0.6) is 0 Å². The number of hydrogen-bond acceptors (Lipinski definition) is 5. The van der Waals surface area contributed by atoms with Crippen LogP contribution < -0.4 is 0 Å². The van der Waals surface area contributed by atoms with Gasteiger partial charge in [-0.05, 0) is 65.1 Å². The van der Waals surface area contributed by atoms with Gasteiger partial charge in [0, 0.05) is 12.8 Å². The second-order valence-corrected chi connectivity index (χ2v) is 13.1. The molecule has 0 aromatic rings. The second kappa shape index (κ2) is 31.3. The highest BCUT2D eigenvalue weighted by Gasteiger charge is 2.19. The van der Waals surface area contributed by atoms with Crippen molar-refractivity contribution in [3.63, 3.8) is 0 Å². The zero-order valence-electron chi connectivity index (χ0n) is 29.0. The molecule has 0 rings (SSSR count). The van der Waals surface area contributed by atoms with E-state index in [1.807, 2.05) is 0 Å². The van der Waals surface area contributed by atoms with Crippen LogP contribution >= 0.6 is 0 Å². The van der Waals surface area contributed by atoms with Gasteiger partial charge in [0.15, 0.2) is 0 Å². The van der Waals surface area contributed by atoms with Crippen LogP contribution in [-0.4, -0.2) is 50.2 Å². The van der Waals surface area contributed by atoms with Crippen LogP contribution in [0, 0.1) is 5.92 Å². The third kappa shape index (κ3) is 29.0. The van der Waals surface area contributed by atoms with Crippen molar-refractivity contribution in [2.75, 3.05) is 27.2 Å². The second-order valence-electron chi connectivity index (χ2n) is 13.1. The lowest BCUT2D eigenvalue weighted by molar-refractivity contribution is -0.160. The summed E-state index contributed by atoms with van der Waals surface area (Å²) in [5, 5.41) is 0. The molecule has 0 aromatic heterocycles. The standard InChI is InChI=1S/C37H73NO4/c1-6-9-12-14-16-17-19-21-24-29-35(42-36(39)30-25-26-31-38(4)5)33-41-37(40)32-34(27-22-11-8-3)28-23-20-18-15-13-10-7-2/h34-35H,6-33H2,1-5H3. The molecule has 2 atom stereocenters. The number of carbonyl (C=O) groups excluding carboxylic acids is 2. The molecule has 250 valence electrons. The predicted octanol–water partition coefficient (Wildman–Crippen LogP) is 10.8. The molecule has 42 heavy (non-hydrogen) atoms. The highest BCUT2D eigenvalue weighted by atomic mass is 16.6. The van der Waals surface area contributed by atoms with Crippen molar-refractivity contribution in [2.45, 2.75) is 194 Å². The third-order valence-electron chi connectivity index (χ3n) is 8.48. The Morgan fingerprint density at radius 3 is 1.52 bits per heavy atom. The minimum Gasteiger partial charge on any atom is -0.462 e. The van der Waals surface area contributed by atoms with Crippen molar-refractivity contribution in [1.29, 1.82) is 0 Å². The summed E-state index contributed by atoms with van der Waals surface area (Å²) in [6.07, 6.45) is 29.5. The lowest BCUT2D eigenvalue weighted by Gasteiger charge is -2.20. The minimum atomic E-state index is -0.318. The van der Waals surface area contributed by atoms with Crippen molar-refractivity contribution in [1.82, 2.24) is 4.90 Å². The van der Waals surface area contributed by atoms with Crippen LogP contribution in [-0.2, 0) is 19.1 Å². The van der Waals surface area contributed by atoms with Gasteiger partial charge in [0.25, 0.3) is 0 Å². The zero-order valence-corrected chi connectivity index (χ0v) is 29.0. The topological polar surface area (TPSA) is 55.8 Å². The fourth-order valence-electron chi connectivity index (χ4n) is 5.70. The smallest absolute Gasteiger partial charge is 0.306 e. The largest absolute Gasteiger partial charge is 0.462 e. The molecule has 0 saturated carbocycles. The molecule has 0 spiro atoms. The molecular weight excluding hydrogens is 522 g/mol. The summed E-state index contributed by atoms with van der Waals surface area (Å²) in [7, 11) is 4.11. The molecule has 0 aliphatic rings. The summed E-state index contributed by atoms with van der Waals surface area (Å²) >= 11 is 0. The van der Waals surface area contributed by atoms with Crippen molar-refractivity contribution >= 4 is 11.9 Å². The molecule has 0 fully saturated rings. The summed E-state index contributed by atoms with van der Waals surface area (Å²) in [5.41, 5.74) is 0. The van der Waals surface area contributed by atoms with E-state index in [1.54, 1.807) is 0 Å². The van der Waals surface area contributed by atoms with E-state index in [4.69, 9.17) is 9.47 Å². The minimum absolute atomic E-state index is 0.112. The number of carbonyl (C=O) groups is 2. The highest BCUT2D eigenvalue weighted by Crippen LogP contribution is 2.23. The number of nitrogens with zero attached hydrogens (tertiary/aromatic N) is 1. The molecule has 0 aliphatic heterocycles. The van der Waals surface area contributed by atoms with Gasteiger partial charge in [0.2, 0.25) is 0 Å². The first-order chi connectivity index (χ1) is 20.4. The van der Waals surface area contributed by atoms with E-state index in [-0.39, 0.29) is 24.6 Å².